The molecular formula is C18H19Cl2FN3O2+. The quantitative estimate of drug-likeness (QED) is 0.700. The molecule has 8 heteroatoms. The molecule has 0 fully saturated rings. The first-order valence-corrected chi connectivity index (χ1v) is 8.66. The number of hydrogen-bond acceptors (Lipinski definition) is 2. The highest BCUT2D eigenvalue weighted by molar-refractivity contribution is 6.34. The van der Waals surface area contributed by atoms with Crippen LogP contribution in [0.25, 0.3) is 0 Å². The topological polar surface area (TPSA) is 62.6 Å². The molecule has 2 aromatic carbocycles. The second-order valence-electron chi connectivity index (χ2n) is 5.89. The monoisotopic (exact) mass is 398 g/mol. The number of benzene rings is 2. The highest BCUT2D eigenvalue weighted by atomic mass is 35.5. The fourth-order valence-electron chi connectivity index (χ4n) is 2.22. The molecule has 0 aliphatic rings. The van der Waals surface area contributed by atoms with Gasteiger partial charge >= 0.3 is 0 Å². The van der Waals surface area contributed by atoms with E-state index in [0.29, 0.717) is 21.3 Å². The number of hydrogen-bond donors (Lipinski definition) is 3. The van der Waals surface area contributed by atoms with Crippen molar-refractivity contribution in [3.8, 4) is 0 Å². The van der Waals surface area contributed by atoms with Crippen LogP contribution >= 0.6 is 23.2 Å². The van der Waals surface area contributed by atoms with Gasteiger partial charge in [0, 0.05) is 0 Å². The molecule has 0 aliphatic heterocycles. The lowest BCUT2D eigenvalue weighted by Gasteiger charge is -2.21. The molecule has 0 saturated carbocycles. The van der Waals surface area contributed by atoms with Crippen LogP contribution in [-0.4, -0.2) is 31.4 Å². The summed E-state index contributed by atoms with van der Waals surface area (Å²) >= 11 is 11.9. The van der Waals surface area contributed by atoms with Crippen LogP contribution in [0.1, 0.15) is 6.92 Å². The van der Waals surface area contributed by atoms with E-state index in [9.17, 15) is 14.0 Å². The van der Waals surface area contributed by atoms with Gasteiger partial charge in [0.1, 0.15) is 5.82 Å². The molecular weight excluding hydrogens is 380 g/mol. The summed E-state index contributed by atoms with van der Waals surface area (Å²) in [5.74, 6) is -1.09. The molecule has 2 amide bonds. The van der Waals surface area contributed by atoms with Crippen LogP contribution in [0, 0.1) is 5.82 Å². The van der Waals surface area contributed by atoms with Gasteiger partial charge in [-0.05, 0) is 37.3 Å². The first-order valence-electron chi connectivity index (χ1n) is 7.90. The number of amides is 2. The minimum absolute atomic E-state index is 0.0664. The number of carbonyl (C=O) groups excluding carboxylic acids is 2. The molecule has 0 aromatic heterocycles. The summed E-state index contributed by atoms with van der Waals surface area (Å²) in [6, 6.07) is 10.1. The van der Waals surface area contributed by atoms with Gasteiger partial charge in [0.2, 0.25) is 0 Å². The molecule has 0 radical (unpaired) electrons. The predicted octanol–water partition coefficient (Wildman–Crippen LogP) is 2.61. The second kappa shape index (κ2) is 8.98. The van der Waals surface area contributed by atoms with Gasteiger partial charge in [-0.3, -0.25) is 9.59 Å². The van der Waals surface area contributed by atoms with Crippen LogP contribution in [0.2, 0.25) is 10.0 Å². The summed E-state index contributed by atoms with van der Waals surface area (Å²) in [6.07, 6.45) is 0. The van der Waals surface area contributed by atoms with Crippen LogP contribution in [0.4, 0.5) is 15.8 Å². The van der Waals surface area contributed by atoms with E-state index in [2.05, 4.69) is 10.6 Å². The number of halogens is 3. The van der Waals surface area contributed by atoms with E-state index < -0.39 is 11.9 Å². The third-order valence-corrected chi connectivity index (χ3v) is 4.55. The van der Waals surface area contributed by atoms with Gasteiger partial charge in [-0.25, -0.2) is 4.39 Å². The number of quaternary nitrogens is 1. The number of anilines is 2. The molecule has 2 rings (SSSR count). The summed E-state index contributed by atoms with van der Waals surface area (Å²) in [5, 5.41) is 5.90. The van der Waals surface area contributed by atoms with Gasteiger partial charge in [0.25, 0.3) is 11.8 Å². The highest BCUT2D eigenvalue weighted by Crippen LogP contribution is 2.22. The Hall–Kier alpha value is -2.15. The molecule has 138 valence electrons. The van der Waals surface area contributed by atoms with Crippen LogP contribution in [-0.2, 0) is 9.59 Å². The summed E-state index contributed by atoms with van der Waals surface area (Å²) in [4.78, 5) is 25.2. The first kappa shape index (κ1) is 20.2. The Balaban J connectivity index is 1.93. The lowest BCUT2D eigenvalue weighted by molar-refractivity contribution is -0.885. The Bertz CT molecular complexity index is 817. The molecule has 1 unspecified atom stereocenters. The zero-order chi connectivity index (χ0) is 19.3. The van der Waals surface area contributed by atoms with E-state index in [-0.39, 0.29) is 23.4 Å². The maximum absolute atomic E-state index is 13.1. The Morgan fingerprint density at radius 1 is 1.08 bits per heavy atom. The summed E-state index contributed by atoms with van der Waals surface area (Å²) < 4.78 is 13.1. The molecule has 2 atom stereocenters. The van der Waals surface area contributed by atoms with E-state index in [1.165, 1.54) is 12.1 Å². The van der Waals surface area contributed by atoms with Gasteiger partial charge in [-0.1, -0.05) is 35.3 Å². The van der Waals surface area contributed by atoms with E-state index in [1.54, 1.807) is 38.2 Å². The zero-order valence-corrected chi connectivity index (χ0v) is 15.8. The molecule has 0 saturated heterocycles. The molecule has 0 spiro atoms. The maximum Gasteiger partial charge on any atom is 0.282 e. The summed E-state index contributed by atoms with van der Waals surface area (Å²) in [6.45, 7) is 1.75. The first-order chi connectivity index (χ1) is 12.3. The Labute approximate surface area is 161 Å². The summed E-state index contributed by atoms with van der Waals surface area (Å²) in [5.41, 5.74) is 0.834. The molecule has 3 N–H and O–H groups in total. The minimum atomic E-state index is -0.534. The fourth-order valence-corrected chi connectivity index (χ4v) is 2.62. The van der Waals surface area contributed by atoms with Crippen molar-refractivity contribution in [3.63, 3.8) is 0 Å². The van der Waals surface area contributed by atoms with Gasteiger partial charge in [-0.2, -0.15) is 0 Å². The minimum Gasteiger partial charge on any atom is -0.320 e. The average Bonchev–Trinajstić information content (AvgIpc) is 2.58. The molecule has 5 nitrogen and oxygen atoms in total. The van der Waals surface area contributed by atoms with Gasteiger partial charge in [0.05, 0.1) is 28.5 Å². The zero-order valence-electron chi connectivity index (χ0n) is 14.3. The lowest BCUT2D eigenvalue weighted by Crippen LogP contribution is -3.14. The van der Waals surface area contributed by atoms with Gasteiger partial charge in [-0.15, -0.1) is 0 Å². The van der Waals surface area contributed by atoms with E-state index in [4.69, 9.17) is 23.2 Å². The maximum atomic E-state index is 13.1. The van der Waals surface area contributed by atoms with Crippen LogP contribution in [0.5, 0.6) is 0 Å². The summed E-state index contributed by atoms with van der Waals surface area (Å²) in [7, 11) is 1.72. The van der Waals surface area contributed by atoms with Gasteiger partial charge in [0.15, 0.2) is 12.6 Å². The van der Waals surface area contributed by atoms with Crippen molar-refractivity contribution in [2.45, 2.75) is 13.0 Å². The number of rotatable bonds is 6. The largest absolute Gasteiger partial charge is 0.320 e. The highest BCUT2D eigenvalue weighted by Gasteiger charge is 2.24. The number of nitrogens with one attached hydrogen (secondary N) is 3. The fraction of sp³-hybridized carbons (Fsp3) is 0.222. The second-order valence-corrected chi connectivity index (χ2v) is 6.70. The van der Waals surface area contributed by atoms with Crippen LogP contribution < -0.4 is 15.5 Å². The predicted molar refractivity (Wildman–Crippen MR) is 101 cm³/mol. The van der Waals surface area contributed by atoms with Crippen molar-refractivity contribution in [2.24, 2.45) is 0 Å². The van der Waals surface area contributed by atoms with Crippen molar-refractivity contribution in [3.05, 3.63) is 58.3 Å². The van der Waals surface area contributed by atoms with Gasteiger partial charge < -0.3 is 15.5 Å². The van der Waals surface area contributed by atoms with E-state index in [1.807, 2.05) is 0 Å². The lowest BCUT2D eigenvalue weighted by atomic mass is 10.2. The van der Waals surface area contributed by atoms with Crippen molar-refractivity contribution in [2.75, 3.05) is 24.2 Å². The Kier molecular flexibility index (Phi) is 6.97. The Morgan fingerprint density at radius 3 is 2.38 bits per heavy atom. The third-order valence-electron chi connectivity index (χ3n) is 3.91. The van der Waals surface area contributed by atoms with Crippen molar-refractivity contribution in [1.29, 1.82) is 0 Å². The molecule has 0 aliphatic carbocycles. The number of para-hydroxylation sites is 1. The normalized spacial score (nSPS) is 13.0. The number of likely N-dealkylation sites (N-methyl/N-ethyl adjacent to an activating group) is 1. The van der Waals surface area contributed by atoms with Crippen LogP contribution in [0.3, 0.4) is 0 Å². The molecule has 26 heavy (non-hydrogen) atoms. The molecule has 2 aromatic rings. The van der Waals surface area contributed by atoms with E-state index in [0.717, 1.165) is 6.07 Å². The Morgan fingerprint density at radius 2 is 1.73 bits per heavy atom. The average molecular weight is 399 g/mol. The van der Waals surface area contributed by atoms with Crippen molar-refractivity contribution < 1.29 is 18.9 Å². The smallest absolute Gasteiger partial charge is 0.282 e. The SMILES string of the molecule is C[C@H](C(=O)Nc1ccc(F)cc1Cl)[NH+](C)CC(=O)Nc1ccccc1Cl. The molecule has 0 bridgehead atoms. The van der Waals surface area contributed by atoms with E-state index >= 15 is 0 Å². The molecule has 0 heterocycles. The van der Waals surface area contributed by atoms with Crippen LogP contribution in [0.15, 0.2) is 42.5 Å². The van der Waals surface area contributed by atoms with Crippen molar-refractivity contribution in [1.82, 2.24) is 0 Å². The number of carbonyl (C=O) groups is 2. The standard InChI is InChI=1S/C18H18Cl2FN3O2/c1-11(18(26)23-16-8-7-12(21)9-14(16)20)24(2)10-17(25)22-15-6-4-3-5-13(15)19/h3-9,11H,10H2,1-2H3,(H,22,25)(H,23,26)/p+1/t11-/m1/s1. The van der Waals surface area contributed by atoms with Crippen molar-refractivity contribution >= 4 is 46.4 Å². The third kappa shape index (κ3) is 5.42.